The van der Waals surface area contributed by atoms with Crippen molar-refractivity contribution in [3.8, 4) is 0 Å². The van der Waals surface area contributed by atoms with Crippen LogP contribution in [0.5, 0.6) is 0 Å². The van der Waals surface area contributed by atoms with Gasteiger partial charge in [-0.05, 0) is 36.1 Å². The third kappa shape index (κ3) is 6.05. The Bertz CT molecular complexity index is 955. The van der Waals surface area contributed by atoms with E-state index in [-0.39, 0.29) is 18.9 Å². The Balaban J connectivity index is 1.62. The van der Waals surface area contributed by atoms with Gasteiger partial charge in [-0.3, -0.25) is 9.59 Å². The topological polar surface area (TPSA) is 97.6 Å². The smallest absolute Gasteiger partial charge is 0.329 e. The third-order valence-corrected chi connectivity index (χ3v) is 5.17. The summed E-state index contributed by atoms with van der Waals surface area (Å²) in [7, 11) is 0. The molecule has 0 unspecified atom stereocenters. The molecule has 2 atom stereocenters. The summed E-state index contributed by atoms with van der Waals surface area (Å²) >= 11 is 1.28. The Hall–Kier alpha value is -3.39. The predicted molar refractivity (Wildman–Crippen MR) is 112 cm³/mol. The third-order valence-electron chi connectivity index (χ3n) is 4.30. The molecule has 3 rings (SSSR count). The van der Waals surface area contributed by atoms with Crippen molar-refractivity contribution in [2.75, 3.05) is 0 Å². The first-order chi connectivity index (χ1) is 14.5. The number of carbonyl (C=O) groups is 3. The lowest BCUT2D eigenvalue weighted by Crippen LogP contribution is -2.46. The van der Waals surface area contributed by atoms with Gasteiger partial charge in [0.25, 0.3) is 11.8 Å². The zero-order valence-electron chi connectivity index (χ0n) is 16.4. The average Bonchev–Trinajstić information content (AvgIpc) is 3.46. The fraction of sp³-hybridized carbons (Fsp3) is 0.227. The van der Waals surface area contributed by atoms with Crippen molar-refractivity contribution in [2.24, 2.45) is 0 Å². The van der Waals surface area contributed by atoms with E-state index in [9.17, 15) is 14.4 Å². The van der Waals surface area contributed by atoms with Crippen LogP contribution in [0, 0.1) is 0 Å². The minimum atomic E-state index is -1.02. The molecule has 2 N–H and O–H groups in total. The number of esters is 1. The van der Waals surface area contributed by atoms with Crippen molar-refractivity contribution in [1.82, 2.24) is 10.6 Å². The Morgan fingerprint density at radius 2 is 1.87 bits per heavy atom. The summed E-state index contributed by atoms with van der Waals surface area (Å²) in [6.45, 7) is 1.67. The number of furan rings is 1. The number of hydrogen-bond acceptors (Lipinski definition) is 6. The highest BCUT2D eigenvalue weighted by atomic mass is 32.1. The lowest BCUT2D eigenvalue weighted by atomic mass is 10.1. The molecule has 8 heteroatoms. The number of nitrogens with one attached hydrogen (secondary N) is 2. The van der Waals surface area contributed by atoms with Gasteiger partial charge in [-0.25, -0.2) is 4.79 Å². The first kappa shape index (κ1) is 21.3. The zero-order chi connectivity index (χ0) is 21.3. The Morgan fingerprint density at radius 1 is 1.07 bits per heavy atom. The van der Waals surface area contributed by atoms with Gasteiger partial charge in [-0.15, -0.1) is 11.3 Å². The summed E-state index contributed by atoms with van der Waals surface area (Å²) < 4.78 is 10.5. The van der Waals surface area contributed by atoms with E-state index in [1.54, 1.807) is 29.6 Å². The molecular formula is C22H22N2O5S. The molecule has 1 aromatic carbocycles. The van der Waals surface area contributed by atoms with Crippen LogP contribution in [0.25, 0.3) is 0 Å². The van der Waals surface area contributed by atoms with Gasteiger partial charge < -0.3 is 19.8 Å². The van der Waals surface area contributed by atoms with Gasteiger partial charge in [0.1, 0.15) is 11.8 Å². The second-order valence-corrected chi connectivity index (χ2v) is 7.52. The molecule has 156 valence electrons. The maximum Gasteiger partial charge on any atom is 0.329 e. The van der Waals surface area contributed by atoms with Gasteiger partial charge in [0.05, 0.1) is 17.7 Å². The Morgan fingerprint density at radius 3 is 2.53 bits per heavy atom. The molecule has 7 nitrogen and oxygen atoms in total. The highest BCUT2D eigenvalue weighted by Crippen LogP contribution is 2.11. The molecule has 2 amide bonds. The van der Waals surface area contributed by atoms with Crippen molar-refractivity contribution in [3.63, 3.8) is 0 Å². The maximum absolute atomic E-state index is 12.8. The summed E-state index contributed by atoms with van der Waals surface area (Å²) in [5, 5.41) is 7.15. The van der Waals surface area contributed by atoms with Crippen LogP contribution in [0.2, 0.25) is 0 Å². The van der Waals surface area contributed by atoms with Gasteiger partial charge in [0, 0.05) is 6.42 Å². The lowest BCUT2D eigenvalue weighted by Gasteiger charge is -2.20. The molecule has 3 aromatic rings. The highest BCUT2D eigenvalue weighted by molar-refractivity contribution is 7.12. The van der Waals surface area contributed by atoms with Crippen molar-refractivity contribution in [3.05, 3.63) is 82.4 Å². The standard InChI is InChI=1S/C22H22N2O5S/c1-15(20(25)23-14-17-9-5-11-28-17)29-22(27)18(13-16-7-3-2-4-8-16)24-21(26)19-10-6-12-30-19/h2-12,15,18H,13-14H2,1H3,(H,23,25)(H,24,26)/t15-,18+/m0/s1. The van der Waals surface area contributed by atoms with Crippen LogP contribution in [0.3, 0.4) is 0 Å². The number of thiophene rings is 1. The second kappa shape index (κ2) is 10.4. The summed E-state index contributed by atoms with van der Waals surface area (Å²) in [6.07, 6.45) is 0.733. The van der Waals surface area contributed by atoms with Crippen molar-refractivity contribution in [2.45, 2.75) is 32.0 Å². The van der Waals surface area contributed by atoms with Crippen LogP contribution in [-0.4, -0.2) is 29.9 Å². The molecule has 0 saturated heterocycles. The molecule has 0 spiro atoms. The number of hydrogen-bond donors (Lipinski definition) is 2. The Labute approximate surface area is 178 Å². The first-order valence-electron chi connectivity index (χ1n) is 9.42. The molecule has 0 bridgehead atoms. The molecule has 30 heavy (non-hydrogen) atoms. The molecule has 2 heterocycles. The minimum absolute atomic E-state index is 0.191. The van der Waals surface area contributed by atoms with E-state index >= 15 is 0 Å². The molecule has 2 aromatic heterocycles. The zero-order valence-corrected chi connectivity index (χ0v) is 17.2. The molecule has 0 radical (unpaired) electrons. The van der Waals surface area contributed by atoms with Gasteiger partial charge in [0.15, 0.2) is 6.10 Å². The predicted octanol–water partition coefficient (Wildman–Crippen LogP) is 2.93. The highest BCUT2D eigenvalue weighted by Gasteiger charge is 2.27. The monoisotopic (exact) mass is 426 g/mol. The quantitative estimate of drug-likeness (QED) is 0.513. The fourth-order valence-electron chi connectivity index (χ4n) is 2.72. The number of carbonyl (C=O) groups excluding carboxylic acids is 3. The normalized spacial score (nSPS) is 12.6. The first-order valence-corrected chi connectivity index (χ1v) is 10.3. The van der Waals surface area contributed by atoms with Gasteiger partial charge in [-0.2, -0.15) is 0 Å². The van der Waals surface area contributed by atoms with Crippen LogP contribution < -0.4 is 10.6 Å². The number of rotatable bonds is 9. The van der Waals surface area contributed by atoms with E-state index < -0.39 is 24.0 Å². The average molecular weight is 426 g/mol. The van der Waals surface area contributed by atoms with Gasteiger partial charge >= 0.3 is 5.97 Å². The van der Waals surface area contributed by atoms with Gasteiger partial charge in [0.2, 0.25) is 0 Å². The lowest BCUT2D eigenvalue weighted by molar-refractivity contribution is -0.156. The summed E-state index contributed by atoms with van der Waals surface area (Å²) in [4.78, 5) is 38.0. The largest absolute Gasteiger partial charge is 0.467 e. The van der Waals surface area contributed by atoms with E-state index in [4.69, 9.17) is 9.15 Å². The molecule has 0 aliphatic carbocycles. The molecule has 0 aliphatic rings. The molecule has 0 aliphatic heterocycles. The molecule has 0 fully saturated rings. The van der Waals surface area contributed by atoms with E-state index in [2.05, 4.69) is 10.6 Å². The summed E-state index contributed by atoms with van der Waals surface area (Å²) in [6, 6.07) is 15.2. The number of amides is 2. The van der Waals surface area contributed by atoms with Crippen molar-refractivity contribution < 1.29 is 23.5 Å². The van der Waals surface area contributed by atoms with Crippen LogP contribution in [0.15, 0.2) is 70.7 Å². The van der Waals surface area contributed by atoms with Crippen molar-refractivity contribution in [1.29, 1.82) is 0 Å². The van der Waals surface area contributed by atoms with E-state index in [0.29, 0.717) is 10.6 Å². The Kier molecular flexibility index (Phi) is 7.40. The van der Waals surface area contributed by atoms with Crippen LogP contribution in [0.4, 0.5) is 0 Å². The molecule has 0 saturated carbocycles. The number of benzene rings is 1. The van der Waals surface area contributed by atoms with E-state index in [1.807, 2.05) is 30.3 Å². The molecular weight excluding hydrogens is 404 g/mol. The minimum Gasteiger partial charge on any atom is -0.467 e. The van der Waals surface area contributed by atoms with Crippen LogP contribution >= 0.6 is 11.3 Å². The second-order valence-electron chi connectivity index (χ2n) is 6.57. The van der Waals surface area contributed by atoms with Gasteiger partial charge in [-0.1, -0.05) is 36.4 Å². The number of ether oxygens (including phenoxy) is 1. The summed E-state index contributed by atoms with van der Waals surface area (Å²) in [5.41, 5.74) is 0.862. The van der Waals surface area contributed by atoms with E-state index in [1.165, 1.54) is 24.5 Å². The van der Waals surface area contributed by atoms with Crippen molar-refractivity contribution >= 4 is 29.1 Å². The van der Waals surface area contributed by atoms with Crippen LogP contribution in [0.1, 0.15) is 27.9 Å². The summed E-state index contributed by atoms with van der Waals surface area (Å²) in [5.74, 6) is -0.906. The van der Waals surface area contributed by atoms with Crippen LogP contribution in [-0.2, 0) is 27.3 Å². The maximum atomic E-state index is 12.8. The van der Waals surface area contributed by atoms with E-state index in [0.717, 1.165) is 5.56 Å². The fourth-order valence-corrected chi connectivity index (χ4v) is 3.35. The SMILES string of the molecule is C[C@H](OC(=O)[C@@H](Cc1ccccc1)NC(=O)c1cccs1)C(=O)NCc1ccco1.